The number of fused-ring (bicyclic) bond motifs is 1. The third-order valence-corrected chi connectivity index (χ3v) is 6.43. The summed E-state index contributed by atoms with van der Waals surface area (Å²) in [4.78, 5) is 30.9. The molecule has 6 nitrogen and oxygen atoms in total. The predicted octanol–water partition coefficient (Wildman–Crippen LogP) is 3.11. The molecule has 0 aliphatic heterocycles. The van der Waals surface area contributed by atoms with E-state index in [4.69, 9.17) is 5.73 Å². The zero-order valence-electron chi connectivity index (χ0n) is 14.4. The summed E-state index contributed by atoms with van der Waals surface area (Å²) in [5.41, 5.74) is 7.24. The molecule has 2 aliphatic carbocycles. The Hall–Kier alpha value is -2.02. The molecular weight excluding hydrogens is 336 g/mol. The summed E-state index contributed by atoms with van der Waals surface area (Å²) in [7, 11) is 1.89. The van der Waals surface area contributed by atoms with Gasteiger partial charge >= 0.3 is 0 Å². The van der Waals surface area contributed by atoms with Crippen LogP contribution in [0.2, 0.25) is 0 Å². The molecule has 2 aromatic rings. The summed E-state index contributed by atoms with van der Waals surface area (Å²) in [6.07, 6.45) is 7.85. The zero-order chi connectivity index (χ0) is 17.6. The normalized spacial score (nSPS) is 18.4. The highest BCUT2D eigenvalue weighted by molar-refractivity contribution is 7.21. The largest absolute Gasteiger partial charge is 0.385 e. The fourth-order valence-electron chi connectivity index (χ4n) is 3.62. The van der Waals surface area contributed by atoms with E-state index < -0.39 is 0 Å². The number of carbonyl (C=O) groups excluding carboxylic acids is 2. The number of nitrogens with zero attached hydrogens (tertiary/aromatic N) is 1. The number of nitrogen functional groups attached to an aromatic ring is 1. The van der Waals surface area contributed by atoms with Gasteiger partial charge in [-0.3, -0.25) is 9.59 Å². The average Bonchev–Trinajstić information content (AvgIpc) is 3.24. The predicted molar refractivity (Wildman–Crippen MR) is 100 cm³/mol. The quantitative estimate of drug-likeness (QED) is 0.782. The molecule has 25 heavy (non-hydrogen) atoms. The third kappa shape index (κ3) is 3.13. The van der Waals surface area contributed by atoms with Gasteiger partial charge in [0.15, 0.2) is 0 Å². The van der Waals surface area contributed by atoms with Crippen LogP contribution in [0.1, 0.15) is 65.0 Å². The number of hydrogen-bond donors (Lipinski definition) is 3. The van der Waals surface area contributed by atoms with E-state index in [9.17, 15) is 9.59 Å². The van der Waals surface area contributed by atoms with Crippen LogP contribution in [0.5, 0.6) is 0 Å². The van der Waals surface area contributed by atoms with Crippen LogP contribution < -0.4 is 11.1 Å². The fraction of sp³-hybridized carbons (Fsp3) is 0.556. The van der Waals surface area contributed by atoms with Gasteiger partial charge in [-0.1, -0.05) is 19.3 Å². The van der Waals surface area contributed by atoms with Crippen molar-refractivity contribution >= 4 is 39.2 Å². The Morgan fingerprint density at radius 1 is 1.24 bits per heavy atom. The number of rotatable bonds is 4. The van der Waals surface area contributed by atoms with Crippen LogP contribution in [0, 0.1) is 0 Å². The Labute approximate surface area is 150 Å². The number of nitrogens with two attached hydrogens (primary N) is 1. The molecule has 4 rings (SSSR count). The van der Waals surface area contributed by atoms with Crippen LogP contribution in [0.3, 0.4) is 0 Å². The number of carbonyl (C=O) groups is 2. The van der Waals surface area contributed by atoms with Crippen molar-refractivity contribution < 1.29 is 9.59 Å². The van der Waals surface area contributed by atoms with Crippen molar-refractivity contribution in [2.24, 2.45) is 0 Å². The number of nitrogens with one attached hydrogen (secondary N) is 2. The summed E-state index contributed by atoms with van der Waals surface area (Å²) < 4.78 is 0.774. The lowest BCUT2D eigenvalue weighted by atomic mass is 9.94. The molecule has 0 bridgehead atoms. The molecule has 134 valence electrons. The number of aromatic nitrogens is 1. The van der Waals surface area contributed by atoms with Crippen molar-refractivity contribution in [3.05, 3.63) is 16.5 Å². The second kappa shape index (κ2) is 6.37. The van der Waals surface area contributed by atoms with Crippen LogP contribution in [0.15, 0.2) is 6.07 Å². The van der Waals surface area contributed by atoms with Gasteiger partial charge in [0.1, 0.15) is 5.82 Å². The molecule has 0 atom stereocenters. The molecule has 4 N–H and O–H groups in total. The minimum absolute atomic E-state index is 0.0358. The summed E-state index contributed by atoms with van der Waals surface area (Å²) in [5.74, 6) is 0.264. The van der Waals surface area contributed by atoms with Crippen molar-refractivity contribution in [2.75, 3.05) is 12.8 Å². The zero-order valence-corrected chi connectivity index (χ0v) is 15.2. The van der Waals surface area contributed by atoms with E-state index in [1.807, 2.05) is 18.0 Å². The van der Waals surface area contributed by atoms with Gasteiger partial charge in [0.25, 0.3) is 11.8 Å². The van der Waals surface area contributed by atoms with Crippen LogP contribution in [-0.4, -0.2) is 40.8 Å². The molecule has 2 fully saturated rings. The van der Waals surface area contributed by atoms with Gasteiger partial charge in [-0.2, -0.15) is 0 Å². The van der Waals surface area contributed by atoms with Crippen LogP contribution in [-0.2, 0) is 0 Å². The first kappa shape index (κ1) is 16.4. The Morgan fingerprint density at radius 3 is 2.64 bits per heavy atom. The van der Waals surface area contributed by atoms with E-state index >= 15 is 0 Å². The Balaban J connectivity index is 1.59. The minimum atomic E-state index is -0.146. The highest BCUT2D eigenvalue weighted by Gasteiger charge is 2.29. The van der Waals surface area contributed by atoms with Gasteiger partial charge in [-0.15, -0.1) is 11.3 Å². The van der Waals surface area contributed by atoms with Gasteiger partial charge < -0.3 is 20.9 Å². The van der Waals surface area contributed by atoms with E-state index in [1.165, 1.54) is 30.6 Å². The van der Waals surface area contributed by atoms with Crippen LogP contribution in [0.4, 0.5) is 5.82 Å². The highest BCUT2D eigenvalue weighted by atomic mass is 32.1. The molecular formula is C18H24N4O2S. The number of anilines is 1. The van der Waals surface area contributed by atoms with Gasteiger partial charge in [0, 0.05) is 19.1 Å². The molecule has 7 heteroatoms. The topological polar surface area (TPSA) is 91.2 Å². The standard InChI is InChI=1S/C18H24N4O2S/c1-22(11-5-3-2-4-6-11)18(24)13-9-12-15(25-13)14(16(19)21-12)17(23)20-10-7-8-10/h9-11,21H,2-8,19H2,1H3,(H,20,23). The molecule has 2 amide bonds. The van der Waals surface area contributed by atoms with Gasteiger partial charge in [0.05, 0.1) is 20.7 Å². The van der Waals surface area contributed by atoms with E-state index in [-0.39, 0.29) is 17.9 Å². The van der Waals surface area contributed by atoms with Crippen molar-refractivity contribution in [2.45, 2.75) is 57.0 Å². The Kier molecular flexibility index (Phi) is 4.19. The van der Waals surface area contributed by atoms with Gasteiger partial charge in [0.2, 0.25) is 0 Å². The van der Waals surface area contributed by atoms with Crippen molar-refractivity contribution in [3.8, 4) is 0 Å². The maximum absolute atomic E-state index is 12.9. The molecule has 0 saturated heterocycles. The first-order chi connectivity index (χ1) is 12.0. The summed E-state index contributed by atoms with van der Waals surface area (Å²) in [5, 5.41) is 2.97. The maximum atomic E-state index is 12.9. The molecule has 0 spiro atoms. The van der Waals surface area contributed by atoms with Crippen molar-refractivity contribution in [1.29, 1.82) is 0 Å². The fourth-order valence-corrected chi connectivity index (χ4v) is 4.78. The van der Waals surface area contributed by atoms with Gasteiger partial charge in [-0.05, 0) is 31.7 Å². The molecule has 0 aromatic carbocycles. The highest BCUT2D eigenvalue weighted by Crippen LogP contribution is 2.34. The second-order valence-electron chi connectivity index (χ2n) is 7.22. The monoisotopic (exact) mass is 360 g/mol. The summed E-state index contributed by atoms with van der Waals surface area (Å²) in [6.45, 7) is 0. The maximum Gasteiger partial charge on any atom is 0.264 e. The number of thiophene rings is 1. The lowest BCUT2D eigenvalue weighted by Crippen LogP contribution is -2.37. The molecule has 0 radical (unpaired) electrons. The van der Waals surface area contributed by atoms with E-state index in [0.29, 0.717) is 22.3 Å². The molecule has 0 unspecified atom stereocenters. The first-order valence-corrected chi connectivity index (χ1v) is 9.85. The Bertz CT molecular complexity index is 815. The molecule has 2 aromatic heterocycles. The smallest absolute Gasteiger partial charge is 0.264 e. The summed E-state index contributed by atoms with van der Waals surface area (Å²) in [6, 6.07) is 2.42. The SMILES string of the molecule is CN(C(=O)c1cc2[nH]c(N)c(C(=O)NC3CC3)c2s1)C1CCCCC1. The van der Waals surface area contributed by atoms with E-state index in [0.717, 1.165) is 35.9 Å². The molecule has 2 heterocycles. The second-order valence-corrected chi connectivity index (χ2v) is 8.27. The van der Waals surface area contributed by atoms with Crippen LogP contribution in [0.25, 0.3) is 10.2 Å². The van der Waals surface area contributed by atoms with Crippen LogP contribution >= 0.6 is 11.3 Å². The van der Waals surface area contributed by atoms with E-state index in [2.05, 4.69) is 10.3 Å². The molecule has 2 aliphatic rings. The number of H-pyrrole nitrogens is 1. The first-order valence-electron chi connectivity index (χ1n) is 9.03. The van der Waals surface area contributed by atoms with Crippen molar-refractivity contribution in [1.82, 2.24) is 15.2 Å². The lowest BCUT2D eigenvalue weighted by molar-refractivity contribution is 0.0701. The third-order valence-electron chi connectivity index (χ3n) is 5.29. The lowest BCUT2D eigenvalue weighted by Gasteiger charge is -2.30. The van der Waals surface area contributed by atoms with Gasteiger partial charge in [-0.25, -0.2) is 0 Å². The summed E-state index contributed by atoms with van der Waals surface area (Å²) >= 11 is 1.36. The number of hydrogen-bond acceptors (Lipinski definition) is 4. The Morgan fingerprint density at radius 2 is 1.96 bits per heavy atom. The van der Waals surface area contributed by atoms with Crippen molar-refractivity contribution in [3.63, 3.8) is 0 Å². The van der Waals surface area contributed by atoms with E-state index in [1.54, 1.807) is 0 Å². The molecule has 2 saturated carbocycles. The minimum Gasteiger partial charge on any atom is -0.385 e. The number of amides is 2. The average molecular weight is 360 g/mol. The number of aromatic amines is 1.